The quantitative estimate of drug-likeness (QED) is 0.503. The lowest BCUT2D eigenvalue weighted by Crippen LogP contribution is -2.22. The number of imidazole rings is 1. The van der Waals surface area contributed by atoms with Gasteiger partial charge >= 0.3 is 7.99 Å². The predicted octanol–water partition coefficient (Wildman–Crippen LogP) is 1.00. The van der Waals surface area contributed by atoms with Crippen molar-refractivity contribution in [3.8, 4) is 0 Å². The minimum absolute atomic E-state index is 0.0283. The van der Waals surface area contributed by atoms with Gasteiger partial charge in [0.1, 0.15) is 5.32 Å². The summed E-state index contributed by atoms with van der Waals surface area (Å²) in [5, 5.41) is 0.483. The summed E-state index contributed by atoms with van der Waals surface area (Å²) in [6, 6.07) is 0. The molecule has 0 N–H and O–H groups in total. The zero-order valence-corrected chi connectivity index (χ0v) is 9.09. The van der Waals surface area contributed by atoms with E-state index in [1.807, 2.05) is 25.3 Å². The highest BCUT2D eigenvalue weighted by Gasteiger charge is 2.15. The number of hydrogen-bond donors (Lipinski definition) is 0. The molecule has 1 aromatic rings. The van der Waals surface area contributed by atoms with Gasteiger partial charge < -0.3 is 9.03 Å². The first kappa shape index (κ1) is 9.60. The summed E-state index contributed by atoms with van der Waals surface area (Å²) in [5.41, 5.74) is -0.0283. The molecule has 0 saturated heterocycles. The van der Waals surface area contributed by atoms with Gasteiger partial charge in [-0.1, -0.05) is 11.1 Å². The van der Waals surface area contributed by atoms with E-state index in [0.717, 1.165) is 0 Å². The highest BCUT2D eigenvalue weighted by atomic mass is 35.6. The maximum absolute atomic E-state index is 10.9. The smallest absolute Gasteiger partial charge is 0.360 e. The summed E-state index contributed by atoms with van der Waals surface area (Å²) in [6.07, 6.45) is 3.38. The number of halogens is 1. The van der Waals surface area contributed by atoms with E-state index < -0.39 is 7.99 Å². The Bertz CT molecular complexity index is 303. The van der Waals surface area contributed by atoms with Gasteiger partial charge in [0, 0.05) is 11.7 Å². The van der Waals surface area contributed by atoms with E-state index >= 15 is 0 Å². The van der Waals surface area contributed by atoms with Gasteiger partial charge in [-0.2, -0.15) is 0 Å². The molecule has 0 spiro atoms. The molecule has 0 unspecified atom stereocenters. The molecule has 12 heavy (non-hydrogen) atoms. The molecular formula is C7H11ClN2OSi. The second kappa shape index (κ2) is 3.10. The van der Waals surface area contributed by atoms with Crippen molar-refractivity contribution in [2.45, 2.75) is 26.3 Å². The molecule has 0 aliphatic rings. The van der Waals surface area contributed by atoms with E-state index in [0.29, 0.717) is 5.32 Å². The Labute approximate surface area is 77.7 Å². The van der Waals surface area contributed by atoms with Gasteiger partial charge in [-0.3, -0.25) is 0 Å². The average molecular weight is 203 g/mol. The SMILES string of the molecule is CC(C)(C)n1cnc([Si](=O)Cl)c1. The van der Waals surface area contributed by atoms with Gasteiger partial charge in [0.05, 0.1) is 6.33 Å². The fourth-order valence-corrected chi connectivity index (χ4v) is 1.48. The zero-order chi connectivity index (χ0) is 9.35. The lowest BCUT2D eigenvalue weighted by molar-refractivity contribution is 0.396. The van der Waals surface area contributed by atoms with E-state index in [4.69, 9.17) is 11.1 Å². The molecule has 0 aliphatic carbocycles. The van der Waals surface area contributed by atoms with Crippen LogP contribution in [0.5, 0.6) is 0 Å². The largest absolute Gasteiger partial charge is 0.440 e. The Morgan fingerprint density at radius 3 is 2.42 bits per heavy atom. The number of rotatable bonds is 1. The van der Waals surface area contributed by atoms with Crippen LogP contribution in [0.4, 0.5) is 0 Å². The third kappa shape index (κ3) is 2.01. The fourth-order valence-electron chi connectivity index (χ4n) is 0.791. The average Bonchev–Trinajstić information content (AvgIpc) is 2.30. The van der Waals surface area contributed by atoms with Crippen molar-refractivity contribution in [3.63, 3.8) is 0 Å². The number of aromatic nitrogens is 2. The summed E-state index contributed by atoms with van der Waals surface area (Å²) in [6.45, 7) is 6.14. The van der Waals surface area contributed by atoms with Crippen molar-refractivity contribution in [3.05, 3.63) is 12.5 Å². The van der Waals surface area contributed by atoms with Gasteiger partial charge in [-0.25, -0.2) is 4.98 Å². The minimum Gasteiger partial charge on any atom is -0.360 e. The zero-order valence-electron chi connectivity index (χ0n) is 7.34. The number of nitrogens with zero attached hydrogens (tertiary/aromatic N) is 2. The van der Waals surface area contributed by atoms with Gasteiger partial charge in [-0.15, -0.1) is 0 Å². The molecule has 1 heterocycles. The van der Waals surface area contributed by atoms with E-state index in [9.17, 15) is 4.46 Å². The molecule has 0 atom stereocenters. The highest BCUT2D eigenvalue weighted by Crippen LogP contribution is 2.11. The molecule has 1 aromatic heterocycles. The summed E-state index contributed by atoms with van der Waals surface area (Å²) in [7, 11) is -2.16. The van der Waals surface area contributed by atoms with Crippen LogP contribution in [0.25, 0.3) is 0 Å². The van der Waals surface area contributed by atoms with E-state index in [1.165, 1.54) is 0 Å². The molecule has 0 fully saturated rings. The third-order valence-electron chi connectivity index (χ3n) is 1.56. The van der Waals surface area contributed by atoms with E-state index in [2.05, 4.69) is 4.98 Å². The van der Waals surface area contributed by atoms with Crippen molar-refractivity contribution in [1.82, 2.24) is 9.55 Å². The molecule has 66 valence electrons. The Morgan fingerprint density at radius 2 is 2.17 bits per heavy atom. The van der Waals surface area contributed by atoms with Crippen molar-refractivity contribution in [2.75, 3.05) is 0 Å². The minimum atomic E-state index is -2.16. The van der Waals surface area contributed by atoms with Crippen LogP contribution in [0.2, 0.25) is 0 Å². The van der Waals surface area contributed by atoms with Crippen LogP contribution in [0.1, 0.15) is 20.8 Å². The third-order valence-corrected chi connectivity index (χ3v) is 2.80. The highest BCUT2D eigenvalue weighted by molar-refractivity contribution is 7.05. The molecule has 3 nitrogen and oxygen atoms in total. The van der Waals surface area contributed by atoms with Crippen LogP contribution in [0.3, 0.4) is 0 Å². The summed E-state index contributed by atoms with van der Waals surface area (Å²) < 4.78 is 12.8. The monoisotopic (exact) mass is 202 g/mol. The predicted molar refractivity (Wildman–Crippen MR) is 49.2 cm³/mol. The van der Waals surface area contributed by atoms with Crippen molar-refractivity contribution >= 4 is 24.4 Å². The molecule has 5 heteroatoms. The van der Waals surface area contributed by atoms with Crippen LogP contribution in [0, 0.1) is 0 Å². The first-order chi connectivity index (χ1) is 5.41. The molecule has 0 radical (unpaired) electrons. The topological polar surface area (TPSA) is 34.9 Å². The van der Waals surface area contributed by atoms with Crippen LogP contribution in [-0.4, -0.2) is 17.5 Å². The maximum Gasteiger partial charge on any atom is 0.440 e. The van der Waals surface area contributed by atoms with Crippen LogP contribution in [-0.2, 0) is 10.0 Å². The Kier molecular flexibility index (Phi) is 2.48. The lowest BCUT2D eigenvalue weighted by atomic mass is 10.1. The molecule has 0 saturated carbocycles. The van der Waals surface area contributed by atoms with Gasteiger partial charge in [0.15, 0.2) is 0 Å². The van der Waals surface area contributed by atoms with Crippen molar-refractivity contribution in [2.24, 2.45) is 0 Å². The number of hydrogen-bond acceptors (Lipinski definition) is 2. The van der Waals surface area contributed by atoms with Crippen molar-refractivity contribution < 1.29 is 4.46 Å². The van der Waals surface area contributed by atoms with E-state index in [-0.39, 0.29) is 5.54 Å². The van der Waals surface area contributed by atoms with Gasteiger partial charge in [0.25, 0.3) is 0 Å². The fraction of sp³-hybridized carbons (Fsp3) is 0.571. The maximum atomic E-state index is 10.9. The molecule has 0 aromatic carbocycles. The standard InChI is InChI=1S/C7H11ClN2OSi/c1-7(2,3)10-4-6(9-5-10)12(8)11/h4-5H,1-3H3. The first-order valence-electron chi connectivity index (χ1n) is 3.65. The second-order valence-corrected chi connectivity index (χ2v) is 5.70. The molecule has 0 bridgehead atoms. The van der Waals surface area contributed by atoms with Gasteiger partial charge in [-0.05, 0) is 20.8 Å². The normalized spacial score (nSPS) is 11.7. The summed E-state index contributed by atoms with van der Waals surface area (Å²) in [5.74, 6) is 0. The Morgan fingerprint density at radius 1 is 1.58 bits per heavy atom. The summed E-state index contributed by atoms with van der Waals surface area (Å²) in [4.78, 5) is 3.95. The van der Waals surface area contributed by atoms with Crippen LogP contribution in [0.15, 0.2) is 12.5 Å². The molecular weight excluding hydrogens is 192 g/mol. The Hall–Kier alpha value is -0.483. The van der Waals surface area contributed by atoms with E-state index in [1.54, 1.807) is 12.5 Å². The summed E-state index contributed by atoms with van der Waals surface area (Å²) >= 11 is 5.44. The second-order valence-electron chi connectivity index (χ2n) is 3.61. The first-order valence-corrected chi connectivity index (χ1v) is 6.07. The molecule has 1 rings (SSSR count). The van der Waals surface area contributed by atoms with Crippen LogP contribution >= 0.6 is 11.1 Å². The van der Waals surface area contributed by atoms with Gasteiger partial charge in [0.2, 0.25) is 0 Å². The molecule has 0 aliphatic heterocycles. The Balaban J connectivity index is 3.00. The lowest BCUT2D eigenvalue weighted by Gasteiger charge is -2.19. The van der Waals surface area contributed by atoms with Crippen molar-refractivity contribution in [1.29, 1.82) is 0 Å². The molecule has 0 amide bonds. The van der Waals surface area contributed by atoms with Crippen LogP contribution < -0.4 is 5.32 Å².